The molecule has 0 saturated heterocycles. The molecule has 0 aliphatic heterocycles. The molecule has 2 N–H and O–H groups in total. The van der Waals surface area contributed by atoms with Crippen molar-refractivity contribution in [1.82, 2.24) is 4.90 Å². The number of hydrogen-bond donors (Lipinski definition) is 1. The topological polar surface area (TPSA) is 29.3 Å². The summed E-state index contributed by atoms with van der Waals surface area (Å²) >= 11 is 0. The molecule has 0 bridgehead atoms. The van der Waals surface area contributed by atoms with Crippen molar-refractivity contribution in [3.63, 3.8) is 0 Å². The van der Waals surface area contributed by atoms with Gasteiger partial charge in [0, 0.05) is 18.6 Å². The van der Waals surface area contributed by atoms with Crippen molar-refractivity contribution in [3.05, 3.63) is 35.4 Å². The second kappa shape index (κ2) is 6.64. The Bertz CT molecular complexity index is 450. The van der Waals surface area contributed by atoms with E-state index in [2.05, 4.69) is 11.8 Å². The summed E-state index contributed by atoms with van der Waals surface area (Å²) < 4.78 is 26.5. The van der Waals surface area contributed by atoms with Gasteiger partial charge in [-0.2, -0.15) is 0 Å². The smallest absolute Gasteiger partial charge is 0.159 e. The van der Waals surface area contributed by atoms with E-state index >= 15 is 0 Å². The molecule has 1 aliphatic carbocycles. The highest BCUT2D eigenvalue weighted by molar-refractivity contribution is 5.22. The highest BCUT2D eigenvalue weighted by Crippen LogP contribution is 2.32. The highest BCUT2D eigenvalue weighted by atomic mass is 19.2. The van der Waals surface area contributed by atoms with Crippen molar-refractivity contribution in [2.45, 2.75) is 44.7 Å². The lowest BCUT2D eigenvalue weighted by Crippen LogP contribution is -2.43. The van der Waals surface area contributed by atoms with Gasteiger partial charge in [0.1, 0.15) is 0 Å². The van der Waals surface area contributed by atoms with Crippen molar-refractivity contribution in [1.29, 1.82) is 0 Å². The fourth-order valence-corrected chi connectivity index (χ4v) is 3.39. The second-order valence-corrected chi connectivity index (χ2v) is 5.92. The van der Waals surface area contributed by atoms with Gasteiger partial charge in [0.05, 0.1) is 0 Å². The summed E-state index contributed by atoms with van der Waals surface area (Å²) in [4.78, 5) is 2.25. The Balaban J connectivity index is 2.19. The summed E-state index contributed by atoms with van der Waals surface area (Å²) in [6, 6.07) is 4.50. The van der Waals surface area contributed by atoms with E-state index in [4.69, 9.17) is 5.73 Å². The fraction of sp³-hybridized carbons (Fsp3) is 0.625. The number of nitrogens with two attached hydrogens (primary N) is 1. The maximum atomic E-state index is 13.4. The van der Waals surface area contributed by atoms with Gasteiger partial charge < -0.3 is 5.73 Å². The lowest BCUT2D eigenvalue weighted by Gasteiger charge is -2.40. The van der Waals surface area contributed by atoms with Crippen LogP contribution in [0.3, 0.4) is 0 Å². The second-order valence-electron chi connectivity index (χ2n) is 5.92. The zero-order valence-corrected chi connectivity index (χ0v) is 12.3. The molecule has 2 rings (SSSR count). The van der Waals surface area contributed by atoms with Crippen LogP contribution >= 0.6 is 0 Å². The largest absolute Gasteiger partial charge is 0.329 e. The van der Waals surface area contributed by atoms with Gasteiger partial charge in [-0.3, -0.25) is 4.90 Å². The quantitative estimate of drug-likeness (QED) is 0.916. The van der Waals surface area contributed by atoms with E-state index in [9.17, 15) is 8.78 Å². The van der Waals surface area contributed by atoms with Crippen LogP contribution in [0.25, 0.3) is 0 Å². The van der Waals surface area contributed by atoms with Gasteiger partial charge in [-0.1, -0.05) is 25.8 Å². The predicted molar refractivity (Wildman–Crippen MR) is 77.3 cm³/mol. The van der Waals surface area contributed by atoms with Crippen LogP contribution in [0.4, 0.5) is 8.78 Å². The van der Waals surface area contributed by atoms with Gasteiger partial charge in [0.25, 0.3) is 0 Å². The maximum Gasteiger partial charge on any atom is 0.159 e. The fourth-order valence-electron chi connectivity index (χ4n) is 3.39. The Kier molecular flexibility index (Phi) is 5.11. The molecule has 20 heavy (non-hydrogen) atoms. The molecule has 1 aliphatic rings. The average molecular weight is 282 g/mol. The number of nitrogens with zero attached hydrogens (tertiary/aromatic N) is 1. The van der Waals surface area contributed by atoms with Gasteiger partial charge in [-0.05, 0) is 43.5 Å². The van der Waals surface area contributed by atoms with Crippen LogP contribution in [0, 0.1) is 17.6 Å². The molecule has 1 saturated carbocycles. The lowest BCUT2D eigenvalue weighted by molar-refractivity contribution is 0.0990. The minimum Gasteiger partial charge on any atom is -0.329 e. The molecule has 2 nitrogen and oxygen atoms in total. The third-order valence-corrected chi connectivity index (χ3v) is 4.63. The number of likely N-dealkylation sites (N-methyl/N-ethyl adjacent to an activating group) is 1. The number of halogens is 2. The molecule has 112 valence electrons. The number of hydrogen-bond acceptors (Lipinski definition) is 2. The molecule has 1 fully saturated rings. The Morgan fingerprint density at radius 1 is 1.25 bits per heavy atom. The first-order chi connectivity index (χ1) is 9.54. The van der Waals surface area contributed by atoms with Gasteiger partial charge >= 0.3 is 0 Å². The van der Waals surface area contributed by atoms with Crippen molar-refractivity contribution in [2.24, 2.45) is 11.7 Å². The molecule has 0 aromatic heterocycles. The summed E-state index contributed by atoms with van der Waals surface area (Å²) in [7, 11) is 2.05. The molecule has 0 spiro atoms. The summed E-state index contributed by atoms with van der Waals surface area (Å²) in [5.41, 5.74) is 6.64. The third-order valence-electron chi connectivity index (χ3n) is 4.63. The van der Waals surface area contributed by atoms with Crippen molar-refractivity contribution in [3.8, 4) is 0 Å². The van der Waals surface area contributed by atoms with Crippen LogP contribution in [-0.4, -0.2) is 24.5 Å². The van der Waals surface area contributed by atoms with E-state index in [0.717, 1.165) is 12.0 Å². The van der Waals surface area contributed by atoms with E-state index in [1.807, 2.05) is 7.05 Å². The summed E-state index contributed by atoms with van der Waals surface area (Å²) in [5.74, 6) is -0.989. The van der Waals surface area contributed by atoms with E-state index in [1.165, 1.54) is 31.4 Å². The van der Waals surface area contributed by atoms with Crippen LogP contribution in [0.2, 0.25) is 0 Å². The Morgan fingerprint density at radius 2 is 1.95 bits per heavy atom. The van der Waals surface area contributed by atoms with Crippen LogP contribution < -0.4 is 5.73 Å². The first kappa shape index (κ1) is 15.4. The van der Waals surface area contributed by atoms with E-state index < -0.39 is 11.6 Å². The van der Waals surface area contributed by atoms with Crippen LogP contribution in [-0.2, 0) is 0 Å². The first-order valence-corrected chi connectivity index (χ1v) is 7.41. The van der Waals surface area contributed by atoms with Gasteiger partial charge in [-0.15, -0.1) is 0 Å². The standard InChI is InChI=1S/C16H24F2N2/c1-11-5-3-4-6-15(11)20(2)16(10-19)12-7-8-13(17)14(18)9-12/h7-9,11,15-16H,3-6,10,19H2,1-2H3. The number of rotatable bonds is 4. The molecule has 0 heterocycles. The van der Waals surface area contributed by atoms with Gasteiger partial charge in [0.15, 0.2) is 11.6 Å². The molecule has 3 atom stereocenters. The Labute approximate surface area is 120 Å². The predicted octanol–water partition coefficient (Wildman–Crippen LogP) is 3.48. The van der Waals surface area contributed by atoms with Crippen molar-refractivity contribution < 1.29 is 8.78 Å². The third kappa shape index (κ3) is 3.18. The molecule has 3 unspecified atom stereocenters. The zero-order valence-electron chi connectivity index (χ0n) is 12.3. The lowest BCUT2D eigenvalue weighted by atomic mass is 9.84. The maximum absolute atomic E-state index is 13.4. The molecule has 0 amide bonds. The minimum absolute atomic E-state index is 0.0596. The summed E-state index contributed by atoms with van der Waals surface area (Å²) in [6.45, 7) is 2.67. The summed E-state index contributed by atoms with van der Waals surface area (Å²) in [6.07, 6.45) is 4.89. The molecule has 1 aromatic rings. The molecular weight excluding hydrogens is 258 g/mol. The zero-order chi connectivity index (χ0) is 14.7. The van der Waals surface area contributed by atoms with E-state index in [1.54, 1.807) is 6.07 Å². The SMILES string of the molecule is CC1CCCCC1N(C)C(CN)c1ccc(F)c(F)c1. The first-order valence-electron chi connectivity index (χ1n) is 7.41. The highest BCUT2D eigenvalue weighted by Gasteiger charge is 2.29. The van der Waals surface area contributed by atoms with E-state index in [-0.39, 0.29) is 6.04 Å². The van der Waals surface area contributed by atoms with Gasteiger partial charge in [-0.25, -0.2) is 8.78 Å². The Morgan fingerprint density at radius 3 is 2.55 bits per heavy atom. The average Bonchev–Trinajstić information content (AvgIpc) is 2.44. The summed E-state index contributed by atoms with van der Waals surface area (Å²) in [5, 5.41) is 0. The molecule has 1 aromatic carbocycles. The Hall–Kier alpha value is -1.00. The molecule has 4 heteroatoms. The molecular formula is C16H24F2N2. The minimum atomic E-state index is -0.807. The van der Waals surface area contributed by atoms with Gasteiger partial charge in [0.2, 0.25) is 0 Å². The molecule has 0 radical (unpaired) electrons. The normalized spacial score (nSPS) is 24.9. The van der Waals surface area contributed by atoms with Crippen molar-refractivity contribution in [2.75, 3.05) is 13.6 Å². The number of benzene rings is 1. The van der Waals surface area contributed by atoms with Crippen LogP contribution in [0.15, 0.2) is 18.2 Å². The monoisotopic (exact) mass is 282 g/mol. The van der Waals surface area contributed by atoms with E-state index in [0.29, 0.717) is 18.5 Å². The van der Waals surface area contributed by atoms with Crippen LogP contribution in [0.1, 0.15) is 44.2 Å². The van der Waals surface area contributed by atoms with Crippen LogP contribution in [0.5, 0.6) is 0 Å². The van der Waals surface area contributed by atoms with Crippen molar-refractivity contribution >= 4 is 0 Å².